The van der Waals surface area contributed by atoms with Crippen LogP contribution in [0.5, 0.6) is 11.5 Å². The number of anilines is 1. The summed E-state index contributed by atoms with van der Waals surface area (Å²) >= 11 is 0. The summed E-state index contributed by atoms with van der Waals surface area (Å²) in [6.07, 6.45) is 0.984. The molecule has 6 nitrogen and oxygen atoms in total. The molecule has 0 radical (unpaired) electrons. The van der Waals surface area contributed by atoms with Gasteiger partial charge in [0.05, 0.1) is 13.2 Å². The van der Waals surface area contributed by atoms with E-state index in [1.54, 1.807) is 37.4 Å². The minimum Gasteiger partial charge on any atom is -0.497 e. The predicted octanol–water partition coefficient (Wildman–Crippen LogP) is 5.93. The number of carbonyl (C=O) groups is 1. The first-order chi connectivity index (χ1) is 15.1. The van der Waals surface area contributed by atoms with Crippen molar-refractivity contribution in [1.29, 1.82) is 0 Å². The van der Waals surface area contributed by atoms with E-state index in [0.29, 0.717) is 34.0 Å². The Balaban J connectivity index is 1.54. The Kier molecular flexibility index (Phi) is 5.89. The lowest BCUT2D eigenvalue weighted by Gasteiger charge is -2.13. The van der Waals surface area contributed by atoms with Crippen molar-refractivity contribution in [2.75, 3.05) is 12.4 Å². The van der Waals surface area contributed by atoms with E-state index in [9.17, 15) is 4.79 Å². The van der Waals surface area contributed by atoms with Crippen LogP contribution in [-0.4, -0.2) is 24.1 Å². The number of nitrogens with zero attached hydrogens (tertiary/aromatic N) is 1. The zero-order valence-corrected chi connectivity index (χ0v) is 17.7. The molecule has 158 valence electrons. The summed E-state index contributed by atoms with van der Waals surface area (Å²) in [4.78, 5) is 17.3. The van der Waals surface area contributed by atoms with Gasteiger partial charge in [-0.25, -0.2) is 4.98 Å². The standard InChI is InChI=1S/C25H24N2O4/c1-4-16(2)30-21-10-5-7-17(13-21)24(28)26-19-11-12-23-22(15-19)27-25(31-23)18-8-6-9-20(14-18)29-3/h5-16H,4H2,1-3H3,(H,26,28)/t16-/m1/s1. The highest BCUT2D eigenvalue weighted by Gasteiger charge is 2.12. The zero-order chi connectivity index (χ0) is 21.8. The first-order valence-electron chi connectivity index (χ1n) is 10.2. The predicted molar refractivity (Wildman–Crippen MR) is 121 cm³/mol. The van der Waals surface area contributed by atoms with Crippen molar-refractivity contribution in [3.05, 3.63) is 72.3 Å². The number of benzene rings is 3. The molecular weight excluding hydrogens is 392 g/mol. The highest BCUT2D eigenvalue weighted by molar-refractivity contribution is 6.05. The molecule has 0 aliphatic rings. The van der Waals surface area contributed by atoms with Gasteiger partial charge in [-0.2, -0.15) is 0 Å². The summed E-state index contributed by atoms with van der Waals surface area (Å²) in [7, 11) is 1.62. The molecule has 1 aromatic heterocycles. The smallest absolute Gasteiger partial charge is 0.255 e. The molecule has 31 heavy (non-hydrogen) atoms. The molecule has 1 heterocycles. The fourth-order valence-corrected chi connectivity index (χ4v) is 3.11. The summed E-state index contributed by atoms with van der Waals surface area (Å²) in [6.45, 7) is 4.06. The van der Waals surface area contributed by atoms with Crippen molar-refractivity contribution in [3.63, 3.8) is 0 Å². The number of carbonyl (C=O) groups excluding carboxylic acids is 1. The second kappa shape index (κ2) is 8.92. The average molecular weight is 416 g/mol. The third-order valence-corrected chi connectivity index (χ3v) is 4.97. The lowest BCUT2D eigenvalue weighted by molar-refractivity contribution is 0.102. The van der Waals surface area contributed by atoms with Crippen molar-refractivity contribution in [2.45, 2.75) is 26.4 Å². The minimum atomic E-state index is -0.217. The molecule has 4 rings (SSSR count). The van der Waals surface area contributed by atoms with E-state index in [1.807, 2.05) is 43.3 Å². The molecule has 0 fully saturated rings. The Labute approximate surface area is 180 Å². The van der Waals surface area contributed by atoms with Gasteiger partial charge in [0.2, 0.25) is 5.89 Å². The second-order valence-corrected chi connectivity index (χ2v) is 7.25. The van der Waals surface area contributed by atoms with E-state index in [2.05, 4.69) is 17.2 Å². The molecule has 6 heteroatoms. The number of aromatic nitrogens is 1. The first-order valence-corrected chi connectivity index (χ1v) is 10.2. The third-order valence-electron chi connectivity index (χ3n) is 4.97. The van der Waals surface area contributed by atoms with Gasteiger partial charge in [-0.15, -0.1) is 0 Å². The van der Waals surface area contributed by atoms with Gasteiger partial charge in [-0.1, -0.05) is 19.1 Å². The molecule has 0 saturated heterocycles. The van der Waals surface area contributed by atoms with Crippen LogP contribution in [0.25, 0.3) is 22.6 Å². The molecule has 1 N–H and O–H groups in total. The van der Waals surface area contributed by atoms with Gasteiger partial charge < -0.3 is 19.2 Å². The van der Waals surface area contributed by atoms with E-state index < -0.39 is 0 Å². The maximum absolute atomic E-state index is 12.7. The summed E-state index contributed by atoms with van der Waals surface area (Å²) < 4.78 is 16.9. The summed E-state index contributed by atoms with van der Waals surface area (Å²) in [6, 6.07) is 20.1. The molecule has 0 aliphatic heterocycles. The van der Waals surface area contributed by atoms with Crippen molar-refractivity contribution in [1.82, 2.24) is 4.98 Å². The second-order valence-electron chi connectivity index (χ2n) is 7.25. The molecule has 0 saturated carbocycles. The van der Waals surface area contributed by atoms with Gasteiger partial charge >= 0.3 is 0 Å². The van der Waals surface area contributed by atoms with Gasteiger partial charge in [0.1, 0.15) is 17.0 Å². The zero-order valence-electron chi connectivity index (χ0n) is 17.7. The lowest BCUT2D eigenvalue weighted by Crippen LogP contribution is -2.13. The van der Waals surface area contributed by atoms with E-state index in [1.165, 1.54) is 0 Å². The SMILES string of the molecule is CC[C@@H](C)Oc1cccc(C(=O)Nc2ccc3oc(-c4cccc(OC)c4)nc3c2)c1. The van der Waals surface area contributed by atoms with Crippen molar-refractivity contribution < 1.29 is 18.7 Å². The number of hydrogen-bond donors (Lipinski definition) is 1. The van der Waals surface area contributed by atoms with Crippen LogP contribution < -0.4 is 14.8 Å². The number of amides is 1. The average Bonchev–Trinajstić information content (AvgIpc) is 3.22. The van der Waals surface area contributed by atoms with Gasteiger partial charge in [-0.05, 0) is 67.9 Å². The minimum absolute atomic E-state index is 0.0895. The lowest BCUT2D eigenvalue weighted by atomic mass is 10.2. The molecular formula is C25H24N2O4. The molecule has 0 unspecified atom stereocenters. The Morgan fingerprint density at radius 2 is 1.87 bits per heavy atom. The van der Waals surface area contributed by atoms with Crippen LogP contribution in [0.4, 0.5) is 5.69 Å². The van der Waals surface area contributed by atoms with Crippen LogP contribution in [0, 0.1) is 0 Å². The summed E-state index contributed by atoms with van der Waals surface area (Å²) in [5.41, 5.74) is 3.28. The van der Waals surface area contributed by atoms with Gasteiger partial charge in [0, 0.05) is 16.8 Å². The van der Waals surface area contributed by atoms with Crippen LogP contribution >= 0.6 is 0 Å². The molecule has 4 aromatic rings. The number of oxazole rings is 1. The van der Waals surface area contributed by atoms with Crippen LogP contribution in [0.15, 0.2) is 71.1 Å². The molecule has 1 amide bonds. The van der Waals surface area contributed by atoms with Crippen molar-refractivity contribution in [2.24, 2.45) is 0 Å². The van der Waals surface area contributed by atoms with Crippen LogP contribution in [0.3, 0.4) is 0 Å². The van der Waals surface area contributed by atoms with Crippen LogP contribution in [-0.2, 0) is 0 Å². The highest BCUT2D eigenvalue weighted by atomic mass is 16.5. The van der Waals surface area contributed by atoms with Gasteiger partial charge in [0.25, 0.3) is 5.91 Å². The Morgan fingerprint density at radius 1 is 1.06 bits per heavy atom. The monoisotopic (exact) mass is 416 g/mol. The third kappa shape index (κ3) is 4.69. The number of fused-ring (bicyclic) bond motifs is 1. The van der Waals surface area contributed by atoms with E-state index in [-0.39, 0.29) is 12.0 Å². The van der Waals surface area contributed by atoms with Crippen molar-refractivity contribution >= 4 is 22.7 Å². The fourth-order valence-electron chi connectivity index (χ4n) is 3.11. The van der Waals surface area contributed by atoms with E-state index >= 15 is 0 Å². The van der Waals surface area contributed by atoms with Crippen LogP contribution in [0.1, 0.15) is 30.6 Å². The Morgan fingerprint density at radius 3 is 2.68 bits per heavy atom. The number of ether oxygens (including phenoxy) is 2. The molecule has 3 aromatic carbocycles. The Bertz CT molecular complexity index is 1220. The molecule has 0 spiro atoms. The van der Waals surface area contributed by atoms with Gasteiger partial charge in [-0.3, -0.25) is 4.79 Å². The number of rotatable bonds is 7. The molecule has 0 aliphatic carbocycles. The number of hydrogen-bond acceptors (Lipinski definition) is 5. The largest absolute Gasteiger partial charge is 0.497 e. The van der Waals surface area contributed by atoms with Crippen LogP contribution in [0.2, 0.25) is 0 Å². The van der Waals surface area contributed by atoms with E-state index in [4.69, 9.17) is 13.9 Å². The summed E-state index contributed by atoms with van der Waals surface area (Å²) in [5, 5.41) is 2.92. The first kappa shape index (κ1) is 20.5. The maximum Gasteiger partial charge on any atom is 0.255 e. The number of methoxy groups -OCH3 is 1. The van der Waals surface area contributed by atoms with E-state index in [0.717, 1.165) is 17.7 Å². The van der Waals surface area contributed by atoms with Crippen molar-refractivity contribution in [3.8, 4) is 23.0 Å². The fraction of sp³-hybridized carbons (Fsp3) is 0.200. The number of nitrogens with one attached hydrogen (secondary N) is 1. The highest BCUT2D eigenvalue weighted by Crippen LogP contribution is 2.28. The maximum atomic E-state index is 12.7. The Hall–Kier alpha value is -3.80. The topological polar surface area (TPSA) is 73.6 Å². The summed E-state index contributed by atoms with van der Waals surface area (Å²) in [5.74, 6) is 1.68. The van der Waals surface area contributed by atoms with Gasteiger partial charge in [0.15, 0.2) is 5.58 Å². The molecule has 0 bridgehead atoms. The quantitative estimate of drug-likeness (QED) is 0.404. The molecule has 1 atom stereocenters. The normalized spacial score (nSPS) is 11.8.